The van der Waals surface area contributed by atoms with Crippen LogP contribution >= 0.6 is 0 Å². The number of amides is 2. The molecule has 84 valence electrons. The van der Waals surface area contributed by atoms with Crippen molar-refractivity contribution in [2.24, 2.45) is 0 Å². The minimum absolute atomic E-state index is 0.0109. The van der Waals surface area contributed by atoms with Crippen LogP contribution in [0.5, 0.6) is 0 Å². The van der Waals surface area contributed by atoms with Crippen molar-refractivity contribution in [2.45, 2.75) is 38.5 Å². The number of piperidine rings is 2. The maximum absolute atomic E-state index is 11.6. The number of hydrogen-bond donors (Lipinski definition) is 0. The van der Waals surface area contributed by atoms with Crippen LogP contribution in [0.25, 0.3) is 0 Å². The predicted octanol–water partition coefficient (Wildman–Crippen LogP) is 0.969. The molecule has 4 nitrogen and oxygen atoms in total. The first-order valence-corrected chi connectivity index (χ1v) is 5.83. The average molecular weight is 210 g/mol. The van der Waals surface area contributed by atoms with E-state index in [1.54, 1.807) is 0 Å². The first-order valence-electron chi connectivity index (χ1n) is 5.83. The van der Waals surface area contributed by atoms with Crippen LogP contribution in [0, 0.1) is 0 Å². The van der Waals surface area contributed by atoms with Crippen LogP contribution < -0.4 is 0 Å². The number of carbonyl (C=O) groups is 2. The van der Waals surface area contributed by atoms with Gasteiger partial charge in [0, 0.05) is 12.8 Å². The van der Waals surface area contributed by atoms with Crippen molar-refractivity contribution < 1.29 is 9.59 Å². The normalized spacial score (nSPS) is 24.7. The molecule has 2 aliphatic rings. The summed E-state index contributed by atoms with van der Waals surface area (Å²) in [7, 11) is 0. The molecule has 2 saturated heterocycles. The third-order valence-electron chi connectivity index (χ3n) is 3.17. The Kier molecular flexibility index (Phi) is 3.36. The van der Waals surface area contributed by atoms with Crippen molar-refractivity contribution >= 4 is 11.8 Å². The number of likely N-dealkylation sites (tertiary alicyclic amines) is 2. The van der Waals surface area contributed by atoms with Crippen LogP contribution in [0.15, 0.2) is 0 Å². The van der Waals surface area contributed by atoms with Crippen LogP contribution in [0.3, 0.4) is 0 Å². The zero-order valence-corrected chi connectivity index (χ0v) is 9.07. The van der Waals surface area contributed by atoms with Crippen LogP contribution in [0.2, 0.25) is 0 Å². The summed E-state index contributed by atoms with van der Waals surface area (Å²) in [4.78, 5) is 26.8. The highest BCUT2D eigenvalue weighted by atomic mass is 16.2. The molecule has 0 aromatic rings. The van der Waals surface area contributed by atoms with Gasteiger partial charge in [-0.2, -0.15) is 0 Å². The molecule has 0 aromatic heterocycles. The van der Waals surface area contributed by atoms with E-state index >= 15 is 0 Å². The Bertz CT molecular complexity index is 243. The zero-order chi connectivity index (χ0) is 10.7. The van der Waals surface area contributed by atoms with E-state index in [0.717, 1.165) is 19.5 Å². The molecule has 4 heteroatoms. The van der Waals surface area contributed by atoms with Crippen molar-refractivity contribution in [1.29, 1.82) is 0 Å². The van der Waals surface area contributed by atoms with Crippen molar-refractivity contribution in [3.8, 4) is 0 Å². The number of carbonyl (C=O) groups excluding carboxylic acids is 2. The summed E-state index contributed by atoms with van der Waals surface area (Å²) in [5.41, 5.74) is 0. The molecule has 0 saturated carbocycles. The summed E-state index contributed by atoms with van der Waals surface area (Å²) in [6, 6.07) is 0. The quantitative estimate of drug-likeness (QED) is 0.638. The minimum atomic E-state index is 0.0109. The largest absolute Gasteiger partial charge is 0.286 e. The van der Waals surface area contributed by atoms with Gasteiger partial charge in [-0.05, 0) is 32.4 Å². The summed E-state index contributed by atoms with van der Waals surface area (Å²) < 4.78 is 0. The number of imide groups is 1. The average Bonchev–Trinajstić information content (AvgIpc) is 2.25. The number of hydrogen-bond acceptors (Lipinski definition) is 3. The third kappa shape index (κ3) is 2.56. The minimum Gasteiger partial charge on any atom is -0.286 e. The Labute approximate surface area is 90.2 Å². The van der Waals surface area contributed by atoms with E-state index in [1.165, 1.54) is 24.2 Å². The van der Waals surface area contributed by atoms with Gasteiger partial charge in [-0.15, -0.1) is 0 Å². The Morgan fingerprint density at radius 2 is 1.47 bits per heavy atom. The Morgan fingerprint density at radius 3 is 2.07 bits per heavy atom. The van der Waals surface area contributed by atoms with E-state index in [4.69, 9.17) is 0 Å². The monoisotopic (exact) mass is 210 g/mol. The van der Waals surface area contributed by atoms with Crippen molar-refractivity contribution in [3.05, 3.63) is 0 Å². The van der Waals surface area contributed by atoms with Crippen LogP contribution in [0.4, 0.5) is 0 Å². The molecular formula is C11H18N2O2. The Morgan fingerprint density at radius 1 is 0.867 bits per heavy atom. The van der Waals surface area contributed by atoms with E-state index in [2.05, 4.69) is 4.90 Å². The fourth-order valence-electron chi connectivity index (χ4n) is 2.26. The molecule has 0 N–H and O–H groups in total. The first-order chi connectivity index (χ1) is 7.27. The van der Waals surface area contributed by atoms with Crippen molar-refractivity contribution in [1.82, 2.24) is 9.80 Å². The molecule has 0 aliphatic carbocycles. The zero-order valence-electron chi connectivity index (χ0n) is 9.07. The molecule has 2 rings (SSSR count). The van der Waals surface area contributed by atoms with Gasteiger partial charge in [-0.1, -0.05) is 6.42 Å². The van der Waals surface area contributed by atoms with Gasteiger partial charge in [0.2, 0.25) is 11.8 Å². The molecule has 0 unspecified atom stereocenters. The fourth-order valence-corrected chi connectivity index (χ4v) is 2.26. The van der Waals surface area contributed by atoms with E-state index in [-0.39, 0.29) is 11.8 Å². The van der Waals surface area contributed by atoms with Gasteiger partial charge < -0.3 is 0 Å². The second-order valence-corrected chi connectivity index (χ2v) is 4.39. The molecule has 15 heavy (non-hydrogen) atoms. The van der Waals surface area contributed by atoms with Crippen molar-refractivity contribution in [2.75, 3.05) is 19.8 Å². The maximum atomic E-state index is 11.6. The first kappa shape index (κ1) is 10.6. The fraction of sp³-hybridized carbons (Fsp3) is 0.818. The maximum Gasteiger partial charge on any atom is 0.230 e. The Balaban J connectivity index is 1.90. The van der Waals surface area contributed by atoms with Gasteiger partial charge in [0.15, 0.2) is 0 Å². The molecule has 2 heterocycles. The van der Waals surface area contributed by atoms with Crippen LogP contribution in [-0.2, 0) is 9.59 Å². The standard InChI is InChI=1S/C11H18N2O2/c14-10-5-4-6-11(15)13(10)9-12-7-2-1-3-8-12/h1-9H2. The van der Waals surface area contributed by atoms with E-state index in [9.17, 15) is 9.59 Å². The van der Waals surface area contributed by atoms with Gasteiger partial charge in [-0.3, -0.25) is 19.4 Å². The van der Waals surface area contributed by atoms with Gasteiger partial charge in [-0.25, -0.2) is 0 Å². The molecule has 2 aliphatic heterocycles. The number of nitrogens with zero attached hydrogens (tertiary/aromatic N) is 2. The summed E-state index contributed by atoms with van der Waals surface area (Å²) in [5, 5.41) is 0. The molecule has 2 amide bonds. The lowest BCUT2D eigenvalue weighted by atomic mass is 10.1. The molecule has 0 atom stereocenters. The van der Waals surface area contributed by atoms with Crippen LogP contribution in [0.1, 0.15) is 38.5 Å². The molecule has 0 radical (unpaired) electrons. The van der Waals surface area contributed by atoms with E-state index in [0.29, 0.717) is 19.5 Å². The molecular weight excluding hydrogens is 192 g/mol. The molecule has 2 fully saturated rings. The SMILES string of the molecule is O=C1CCCC(=O)N1CN1CCCCC1. The highest BCUT2D eigenvalue weighted by Gasteiger charge is 2.27. The molecule has 0 aromatic carbocycles. The topological polar surface area (TPSA) is 40.6 Å². The number of rotatable bonds is 2. The van der Waals surface area contributed by atoms with Gasteiger partial charge in [0.25, 0.3) is 0 Å². The summed E-state index contributed by atoms with van der Waals surface area (Å²) >= 11 is 0. The van der Waals surface area contributed by atoms with E-state index < -0.39 is 0 Å². The van der Waals surface area contributed by atoms with Gasteiger partial charge in [0.1, 0.15) is 0 Å². The molecule has 0 spiro atoms. The lowest BCUT2D eigenvalue weighted by Gasteiger charge is -2.33. The summed E-state index contributed by atoms with van der Waals surface area (Å²) in [6.07, 6.45) is 5.47. The second kappa shape index (κ2) is 4.75. The smallest absolute Gasteiger partial charge is 0.230 e. The lowest BCUT2D eigenvalue weighted by Crippen LogP contribution is -2.48. The van der Waals surface area contributed by atoms with Crippen molar-refractivity contribution in [3.63, 3.8) is 0 Å². The highest BCUT2D eigenvalue weighted by Crippen LogP contribution is 2.15. The predicted molar refractivity (Wildman–Crippen MR) is 56.0 cm³/mol. The van der Waals surface area contributed by atoms with E-state index in [1.807, 2.05) is 0 Å². The summed E-state index contributed by atoms with van der Waals surface area (Å²) in [6.45, 7) is 2.58. The summed E-state index contributed by atoms with van der Waals surface area (Å²) in [5.74, 6) is 0.0219. The Hall–Kier alpha value is -0.900. The van der Waals surface area contributed by atoms with Crippen LogP contribution in [-0.4, -0.2) is 41.4 Å². The third-order valence-corrected chi connectivity index (χ3v) is 3.17. The second-order valence-electron chi connectivity index (χ2n) is 4.39. The lowest BCUT2D eigenvalue weighted by molar-refractivity contribution is -0.150. The highest BCUT2D eigenvalue weighted by molar-refractivity contribution is 5.97. The van der Waals surface area contributed by atoms with Gasteiger partial charge in [0.05, 0.1) is 6.67 Å². The molecule has 0 bridgehead atoms. The van der Waals surface area contributed by atoms with Gasteiger partial charge >= 0.3 is 0 Å².